The van der Waals surface area contributed by atoms with Crippen molar-refractivity contribution in [1.29, 1.82) is 0 Å². The van der Waals surface area contributed by atoms with Gasteiger partial charge in [-0.15, -0.1) is 0 Å². The largest absolute Gasteiger partial charge is 0.451 e. The van der Waals surface area contributed by atoms with Crippen LogP contribution in [0.5, 0.6) is 0 Å². The first-order chi connectivity index (χ1) is 15.8. The summed E-state index contributed by atoms with van der Waals surface area (Å²) in [7, 11) is -3.63. The Balaban J connectivity index is 1.63. The first kappa shape index (κ1) is 24.1. The van der Waals surface area contributed by atoms with E-state index in [1.165, 1.54) is 35.5 Å². The highest BCUT2D eigenvalue weighted by Crippen LogP contribution is 2.23. The topological polar surface area (TPSA) is 122 Å². The molecule has 1 heterocycles. The van der Waals surface area contributed by atoms with Gasteiger partial charge in [0.1, 0.15) is 5.70 Å². The SMILES string of the molecule is CC(=O)N/C(=C/c1ccccc1)C(=O)OCC(=O)Nc1cccc(S(=O)(=O)N2CCCC2)c1. The van der Waals surface area contributed by atoms with Crippen molar-refractivity contribution in [2.45, 2.75) is 24.7 Å². The smallest absolute Gasteiger partial charge is 0.355 e. The summed E-state index contributed by atoms with van der Waals surface area (Å²) in [5, 5.41) is 4.92. The molecule has 0 aliphatic carbocycles. The molecule has 0 bridgehead atoms. The molecule has 0 spiro atoms. The van der Waals surface area contributed by atoms with Crippen LogP contribution in [0.4, 0.5) is 5.69 Å². The van der Waals surface area contributed by atoms with Gasteiger partial charge in [-0.3, -0.25) is 9.59 Å². The predicted molar refractivity (Wildman–Crippen MR) is 122 cm³/mol. The minimum Gasteiger partial charge on any atom is -0.451 e. The molecule has 2 N–H and O–H groups in total. The van der Waals surface area contributed by atoms with Crippen LogP contribution in [0.15, 0.2) is 65.2 Å². The van der Waals surface area contributed by atoms with Gasteiger partial charge in [-0.05, 0) is 42.7 Å². The van der Waals surface area contributed by atoms with Gasteiger partial charge in [-0.2, -0.15) is 4.31 Å². The van der Waals surface area contributed by atoms with Gasteiger partial charge in [0, 0.05) is 25.7 Å². The molecule has 2 amide bonds. The third-order valence-corrected chi connectivity index (χ3v) is 6.69. The second kappa shape index (κ2) is 10.9. The number of anilines is 1. The third kappa shape index (κ3) is 6.74. The van der Waals surface area contributed by atoms with Crippen molar-refractivity contribution in [2.24, 2.45) is 0 Å². The number of carbonyl (C=O) groups is 3. The molecule has 2 aromatic rings. The Morgan fingerprint density at radius 1 is 1.03 bits per heavy atom. The number of carbonyl (C=O) groups excluding carboxylic acids is 3. The van der Waals surface area contributed by atoms with Crippen LogP contribution in [0.2, 0.25) is 0 Å². The van der Waals surface area contributed by atoms with Crippen LogP contribution in [0.3, 0.4) is 0 Å². The third-order valence-electron chi connectivity index (χ3n) is 4.80. The molecule has 0 saturated carbocycles. The molecule has 1 saturated heterocycles. The summed E-state index contributed by atoms with van der Waals surface area (Å²) in [5.74, 6) is -2.00. The molecule has 1 aliphatic rings. The van der Waals surface area contributed by atoms with E-state index in [1.807, 2.05) is 6.07 Å². The van der Waals surface area contributed by atoms with Crippen LogP contribution < -0.4 is 10.6 Å². The highest BCUT2D eigenvalue weighted by molar-refractivity contribution is 7.89. The van der Waals surface area contributed by atoms with E-state index in [0.717, 1.165) is 12.8 Å². The van der Waals surface area contributed by atoms with E-state index >= 15 is 0 Å². The number of hydrogen-bond acceptors (Lipinski definition) is 6. The minimum absolute atomic E-state index is 0.0814. The van der Waals surface area contributed by atoms with Gasteiger partial charge in [0.25, 0.3) is 5.91 Å². The Labute approximate surface area is 192 Å². The number of ether oxygens (including phenoxy) is 1. The second-order valence-electron chi connectivity index (χ2n) is 7.41. The van der Waals surface area contributed by atoms with Gasteiger partial charge >= 0.3 is 5.97 Å². The van der Waals surface area contributed by atoms with Crippen LogP contribution in [0, 0.1) is 0 Å². The van der Waals surface area contributed by atoms with Gasteiger partial charge in [0.15, 0.2) is 6.61 Å². The molecular weight excluding hydrogens is 446 g/mol. The van der Waals surface area contributed by atoms with Crippen molar-refractivity contribution < 1.29 is 27.5 Å². The Morgan fingerprint density at radius 3 is 2.39 bits per heavy atom. The number of benzene rings is 2. The average molecular weight is 472 g/mol. The van der Waals surface area contributed by atoms with E-state index in [2.05, 4.69) is 10.6 Å². The van der Waals surface area contributed by atoms with E-state index in [-0.39, 0.29) is 16.3 Å². The van der Waals surface area contributed by atoms with Crippen LogP contribution >= 0.6 is 0 Å². The monoisotopic (exact) mass is 471 g/mol. The van der Waals surface area contributed by atoms with Crippen molar-refractivity contribution >= 4 is 39.6 Å². The first-order valence-electron chi connectivity index (χ1n) is 10.4. The second-order valence-corrected chi connectivity index (χ2v) is 9.35. The summed E-state index contributed by atoms with van der Waals surface area (Å²) >= 11 is 0. The van der Waals surface area contributed by atoms with Crippen LogP contribution in [-0.4, -0.2) is 50.2 Å². The fourth-order valence-corrected chi connectivity index (χ4v) is 4.83. The van der Waals surface area contributed by atoms with Gasteiger partial charge in [-0.25, -0.2) is 13.2 Å². The number of amides is 2. The van der Waals surface area contributed by atoms with Gasteiger partial charge in [0.05, 0.1) is 4.90 Å². The van der Waals surface area contributed by atoms with Crippen LogP contribution in [0.25, 0.3) is 6.08 Å². The molecule has 0 aromatic heterocycles. The summed E-state index contributed by atoms with van der Waals surface area (Å²) in [4.78, 5) is 36.2. The molecular formula is C23H25N3O6S. The summed E-state index contributed by atoms with van der Waals surface area (Å²) in [6.45, 7) is 1.58. The van der Waals surface area contributed by atoms with Crippen LogP contribution in [-0.2, 0) is 29.1 Å². The Kier molecular flexibility index (Phi) is 7.96. The molecule has 33 heavy (non-hydrogen) atoms. The van der Waals surface area contributed by atoms with Crippen LogP contribution in [0.1, 0.15) is 25.3 Å². The first-order valence-corrected chi connectivity index (χ1v) is 11.8. The van der Waals surface area contributed by atoms with Crippen molar-refractivity contribution in [3.63, 3.8) is 0 Å². The molecule has 1 aliphatic heterocycles. The number of hydrogen-bond donors (Lipinski definition) is 2. The van der Waals surface area contributed by atoms with E-state index in [9.17, 15) is 22.8 Å². The molecule has 9 nitrogen and oxygen atoms in total. The van der Waals surface area contributed by atoms with E-state index < -0.39 is 34.4 Å². The number of esters is 1. The minimum atomic E-state index is -3.63. The lowest BCUT2D eigenvalue weighted by Gasteiger charge is -2.16. The van der Waals surface area contributed by atoms with E-state index in [0.29, 0.717) is 18.7 Å². The summed E-state index contributed by atoms with van der Waals surface area (Å²) in [6, 6.07) is 14.7. The zero-order valence-electron chi connectivity index (χ0n) is 18.1. The summed E-state index contributed by atoms with van der Waals surface area (Å²) in [6.07, 6.45) is 3.08. The lowest BCUT2D eigenvalue weighted by molar-refractivity contribution is -0.144. The fourth-order valence-electron chi connectivity index (χ4n) is 3.27. The summed E-state index contributed by atoms with van der Waals surface area (Å²) < 4.78 is 31.9. The molecule has 1 fully saturated rings. The number of rotatable bonds is 8. The highest BCUT2D eigenvalue weighted by atomic mass is 32.2. The molecule has 3 rings (SSSR count). The number of nitrogens with zero attached hydrogens (tertiary/aromatic N) is 1. The lowest BCUT2D eigenvalue weighted by atomic mass is 10.2. The maximum atomic E-state index is 12.7. The van der Waals surface area contributed by atoms with Crippen molar-refractivity contribution in [1.82, 2.24) is 9.62 Å². The zero-order chi connectivity index (χ0) is 23.8. The van der Waals surface area contributed by atoms with Crippen molar-refractivity contribution in [3.8, 4) is 0 Å². The Hall–Kier alpha value is -3.50. The Morgan fingerprint density at radius 2 is 1.73 bits per heavy atom. The standard InChI is InChI=1S/C23H25N3O6S/c1-17(27)24-21(14-18-8-3-2-4-9-18)23(29)32-16-22(28)25-19-10-7-11-20(15-19)33(30,31)26-12-5-6-13-26/h2-4,7-11,14-15H,5-6,12-13,16H2,1H3,(H,24,27)(H,25,28)/b21-14+. The Bertz CT molecular complexity index is 1160. The molecule has 10 heteroatoms. The number of nitrogens with one attached hydrogen (secondary N) is 2. The molecule has 0 atom stereocenters. The maximum absolute atomic E-state index is 12.7. The lowest BCUT2D eigenvalue weighted by Crippen LogP contribution is -2.29. The van der Waals surface area contributed by atoms with Gasteiger partial charge < -0.3 is 15.4 Å². The average Bonchev–Trinajstić information content (AvgIpc) is 3.34. The van der Waals surface area contributed by atoms with Crippen molar-refractivity contribution in [3.05, 3.63) is 65.9 Å². The predicted octanol–water partition coefficient (Wildman–Crippen LogP) is 2.13. The fraction of sp³-hybridized carbons (Fsp3) is 0.261. The van der Waals surface area contributed by atoms with Gasteiger partial charge in [0.2, 0.25) is 15.9 Å². The molecule has 2 aromatic carbocycles. The normalized spacial score (nSPS) is 14.5. The van der Waals surface area contributed by atoms with Gasteiger partial charge in [-0.1, -0.05) is 36.4 Å². The summed E-state index contributed by atoms with van der Waals surface area (Å²) in [5.41, 5.74) is 0.817. The zero-order valence-corrected chi connectivity index (χ0v) is 18.9. The quantitative estimate of drug-likeness (QED) is 0.449. The number of sulfonamides is 1. The van der Waals surface area contributed by atoms with E-state index in [4.69, 9.17) is 4.74 Å². The molecule has 0 radical (unpaired) electrons. The molecule has 174 valence electrons. The maximum Gasteiger partial charge on any atom is 0.355 e. The van der Waals surface area contributed by atoms with Crippen molar-refractivity contribution in [2.75, 3.05) is 25.0 Å². The highest BCUT2D eigenvalue weighted by Gasteiger charge is 2.27. The van der Waals surface area contributed by atoms with E-state index in [1.54, 1.807) is 30.3 Å². The molecule has 0 unspecified atom stereocenters.